The lowest BCUT2D eigenvalue weighted by Crippen LogP contribution is -2.25. The van der Waals surface area contributed by atoms with Crippen molar-refractivity contribution in [2.45, 2.75) is 19.6 Å². The van der Waals surface area contributed by atoms with Gasteiger partial charge in [-0.25, -0.2) is 0 Å². The van der Waals surface area contributed by atoms with Gasteiger partial charge in [0, 0.05) is 10.6 Å². The van der Waals surface area contributed by atoms with E-state index in [1.807, 2.05) is 54.8 Å². The standard InChI is InChI=1S/C21H20ClNO3S/c1-14(16-3-7-18(25-2)8-4-16)23-21(24)20-11-15(13-27-20)12-26-19-9-5-17(22)6-10-19/h3-11,13-14H,12H2,1-2H3,(H,23,24). The highest BCUT2D eigenvalue weighted by atomic mass is 35.5. The van der Waals surface area contributed by atoms with Gasteiger partial charge in [0.15, 0.2) is 0 Å². The zero-order valence-corrected chi connectivity index (χ0v) is 16.6. The fourth-order valence-corrected chi connectivity index (χ4v) is 3.44. The number of amides is 1. The predicted molar refractivity (Wildman–Crippen MR) is 109 cm³/mol. The third kappa shape index (κ3) is 5.25. The maximum absolute atomic E-state index is 12.5. The Labute approximate surface area is 167 Å². The van der Waals surface area contributed by atoms with Crippen LogP contribution in [0.15, 0.2) is 60.0 Å². The van der Waals surface area contributed by atoms with Crippen LogP contribution in [0.2, 0.25) is 5.02 Å². The van der Waals surface area contributed by atoms with Crippen molar-refractivity contribution in [1.29, 1.82) is 0 Å². The molecule has 1 aromatic heterocycles. The van der Waals surface area contributed by atoms with Crippen LogP contribution in [-0.4, -0.2) is 13.0 Å². The Balaban J connectivity index is 1.56. The zero-order valence-electron chi connectivity index (χ0n) is 15.1. The van der Waals surface area contributed by atoms with E-state index in [1.165, 1.54) is 11.3 Å². The fourth-order valence-electron chi connectivity index (χ4n) is 2.51. The van der Waals surface area contributed by atoms with E-state index in [2.05, 4.69) is 5.32 Å². The first-order chi connectivity index (χ1) is 13.0. The molecule has 3 aromatic rings. The minimum Gasteiger partial charge on any atom is -0.497 e. The number of methoxy groups -OCH3 is 1. The normalized spacial score (nSPS) is 11.7. The number of ether oxygens (including phenoxy) is 2. The van der Waals surface area contributed by atoms with Crippen molar-refractivity contribution in [3.05, 3.63) is 81.0 Å². The minimum absolute atomic E-state index is 0.0962. The number of hydrogen-bond donors (Lipinski definition) is 1. The Morgan fingerprint density at radius 1 is 1.11 bits per heavy atom. The summed E-state index contributed by atoms with van der Waals surface area (Å²) in [5.41, 5.74) is 1.98. The zero-order chi connectivity index (χ0) is 19.2. The van der Waals surface area contributed by atoms with Crippen molar-refractivity contribution in [2.75, 3.05) is 7.11 Å². The minimum atomic E-state index is -0.0979. The van der Waals surface area contributed by atoms with Gasteiger partial charge in [0.1, 0.15) is 18.1 Å². The Bertz CT molecular complexity index is 891. The number of rotatable bonds is 7. The number of carbonyl (C=O) groups is 1. The summed E-state index contributed by atoms with van der Waals surface area (Å²) in [7, 11) is 1.63. The van der Waals surface area contributed by atoms with E-state index < -0.39 is 0 Å². The van der Waals surface area contributed by atoms with Gasteiger partial charge < -0.3 is 14.8 Å². The highest BCUT2D eigenvalue weighted by Crippen LogP contribution is 2.21. The fraction of sp³-hybridized carbons (Fsp3) is 0.190. The van der Waals surface area contributed by atoms with Crippen LogP contribution in [-0.2, 0) is 6.61 Å². The molecule has 1 unspecified atom stereocenters. The van der Waals surface area contributed by atoms with E-state index in [9.17, 15) is 4.79 Å². The second-order valence-corrected chi connectivity index (χ2v) is 7.38. The molecule has 0 saturated heterocycles. The average Bonchev–Trinajstić information content (AvgIpc) is 3.17. The summed E-state index contributed by atoms with van der Waals surface area (Å²) >= 11 is 7.27. The third-order valence-electron chi connectivity index (χ3n) is 4.06. The molecule has 3 rings (SSSR count). The molecule has 0 aliphatic carbocycles. The molecule has 6 heteroatoms. The maximum atomic E-state index is 12.5. The lowest BCUT2D eigenvalue weighted by Gasteiger charge is -2.14. The highest BCUT2D eigenvalue weighted by molar-refractivity contribution is 7.12. The predicted octanol–water partition coefficient (Wildman–Crippen LogP) is 5.48. The Kier molecular flexibility index (Phi) is 6.37. The second kappa shape index (κ2) is 8.93. The van der Waals surface area contributed by atoms with Gasteiger partial charge in [-0.2, -0.15) is 0 Å². The SMILES string of the molecule is COc1ccc(C(C)NC(=O)c2cc(COc3ccc(Cl)cc3)cs2)cc1. The van der Waals surface area contributed by atoms with E-state index in [0.29, 0.717) is 16.5 Å². The van der Waals surface area contributed by atoms with Crippen LogP contribution in [0.5, 0.6) is 11.5 Å². The van der Waals surface area contributed by atoms with Gasteiger partial charge in [-0.15, -0.1) is 11.3 Å². The van der Waals surface area contributed by atoms with Crippen molar-refractivity contribution in [3.63, 3.8) is 0 Å². The number of carbonyl (C=O) groups excluding carboxylic acids is 1. The van der Waals surface area contributed by atoms with Crippen molar-refractivity contribution in [1.82, 2.24) is 5.32 Å². The molecule has 0 spiro atoms. The monoisotopic (exact) mass is 401 g/mol. The van der Waals surface area contributed by atoms with Gasteiger partial charge in [0.25, 0.3) is 5.91 Å². The molecule has 0 radical (unpaired) electrons. The van der Waals surface area contributed by atoms with Crippen molar-refractivity contribution >= 4 is 28.8 Å². The number of benzene rings is 2. The molecule has 1 heterocycles. The topological polar surface area (TPSA) is 47.6 Å². The van der Waals surface area contributed by atoms with Gasteiger partial charge in [-0.1, -0.05) is 23.7 Å². The van der Waals surface area contributed by atoms with Crippen LogP contribution in [0, 0.1) is 0 Å². The molecule has 1 atom stereocenters. The second-order valence-electron chi connectivity index (χ2n) is 6.03. The molecule has 1 amide bonds. The molecule has 0 saturated carbocycles. The molecule has 0 aliphatic heterocycles. The van der Waals surface area contributed by atoms with Crippen LogP contribution in [0.4, 0.5) is 0 Å². The molecule has 0 aliphatic rings. The Morgan fingerprint density at radius 3 is 2.44 bits per heavy atom. The molecule has 140 valence electrons. The molecule has 0 fully saturated rings. The summed E-state index contributed by atoms with van der Waals surface area (Å²) in [6, 6.07) is 16.6. The molecule has 2 aromatic carbocycles. The summed E-state index contributed by atoms with van der Waals surface area (Å²) in [5, 5.41) is 5.62. The number of nitrogens with one attached hydrogen (secondary N) is 1. The van der Waals surface area contributed by atoms with E-state index >= 15 is 0 Å². The van der Waals surface area contributed by atoms with Gasteiger partial charge in [-0.3, -0.25) is 4.79 Å². The Hall–Kier alpha value is -2.50. The maximum Gasteiger partial charge on any atom is 0.261 e. The summed E-state index contributed by atoms with van der Waals surface area (Å²) < 4.78 is 10.9. The van der Waals surface area contributed by atoms with Gasteiger partial charge in [0.2, 0.25) is 0 Å². The van der Waals surface area contributed by atoms with Crippen LogP contribution in [0.1, 0.15) is 33.8 Å². The van der Waals surface area contributed by atoms with Crippen molar-refractivity contribution in [3.8, 4) is 11.5 Å². The number of thiophene rings is 1. The summed E-state index contributed by atoms with van der Waals surface area (Å²) in [5.74, 6) is 1.44. The molecular weight excluding hydrogens is 382 g/mol. The Morgan fingerprint density at radius 2 is 1.78 bits per heavy atom. The molecular formula is C21H20ClNO3S. The summed E-state index contributed by atoms with van der Waals surface area (Å²) in [6.07, 6.45) is 0. The van der Waals surface area contributed by atoms with Gasteiger partial charge in [-0.05, 0) is 60.3 Å². The molecule has 1 N–H and O–H groups in total. The summed E-state index contributed by atoms with van der Waals surface area (Å²) in [6.45, 7) is 2.36. The smallest absolute Gasteiger partial charge is 0.261 e. The van der Waals surface area contributed by atoms with E-state index in [4.69, 9.17) is 21.1 Å². The number of hydrogen-bond acceptors (Lipinski definition) is 4. The first-order valence-electron chi connectivity index (χ1n) is 8.46. The van der Waals surface area contributed by atoms with Crippen molar-refractivity contribution in [2.24, 2.45) is 0 Å². The first kappa shape index (κ1) is 19.3. The van der Waals surface area contributed by atoms with Crippen LogP contribution in [0.3, 0.4) is 0 Å². The lowest BCUT2D eigenvalue weighted by molar-refractivity contribution is 0.0944. The third-order valence-corrected chi connectivity index (χ3v) is 5.29. The van der Waals surface area contributed by atoms with Gasteiger partial charge in [0.05, 0.1) is 18.0 Å². The van der Waals surface area contributed by atoms with E-state index in [0.717, 1.165) is 22.6 Å². The first-order valence-corrected chi connectivity index (χ1v) is 9.71. The quantitative estimate of drug-likeness (QED) is 0.570. The molecule has 0 bridgehead atoms. The van der Waals surface area contributed by atoms with Gasteiger partial charge >= 0.3 is 0 Å². The summed E-state index contributed by atoms with van der Waals surface area (Å²) in [4.78, 5) is 13.2. The van der Waals surface area contributed by atoms with E-state index in [1.54, 1.807) is 19.2 Å². The highest BCUT2D eigenvalue weighted by Gasteiger charge is 2.14. The van der Waals surface area contributed by atoms with Crippen LogP contribution >= 0.6 is 22.9 Å². The number of halogens is 1. The largest absolute Gasteiger partial charge is 0.497 e. The van der Waals surface area contributed by atoms with Crippen molar-refractivity contribution < 1.29 is 14.3 Å². The van der Waals surface area contributed by atoms with Crippen LogP contribution in [0.25, 0.3) is 0 Å². The molecule has 27 heavy (non-hydrogen) atoms. The van der Waals surface area contributed by atoms with Crippen LogP contribution < -0.4 is 14.8 Å². The van der Waals surface area contributed by atoms with E-state index in [-0.39, 0.29) is 11.9 Å². The molecule has 4 nitrogen and oxygen atoms in total. The lowest BCUT2D eigenvalue weighted by atomic mass is 10.1. The average molecular weight is 402 g/mol.